The largest absolute Gasteiger partial charge is 0.377 e. The second-order valence-electron chi connectivity index (χ2n) is 10.8. The highest BCUT2D eigenvalue weighted by Crippen LogP contribution is 2.52. The Balaban J connectivity index is 1.55. The predicted molar refractivity (Wildman–Crippen MR) is 146 cm³/mol. The molecule has 1 spiro atoms. The van der Waals surface area contributed by atoms with Gasteiger partial charge in [0.25, 0.3) is 0 Å². The van der Waals surface area contributed by atoms with E-state index in [1.54, 1.807) is 0 Å². The lowest BCUT2D eigenvalue weighted by atomic mass is 9.77. The molecule has 5 rings (SSSR count). The number of ketones is 1. The topological polar surface area (TPSA) is 152 Å². The van der Waals surface area contributed by atoms with Crippen molar-refractivity contribution in [2.75, 3.05) is 32.5 Å². The van der Waals surface area contributed by atoms with Crippen molar-refractivity contribution in [3.05, 3.63) is 65.0 Å². The lowest BCUT2D eigenvalue weighted by Gasteiger charge is -2.48. The highest BCUT2D eigenvalue weighted by Gasteiger charge is 2.67. The second kappa shape index (κ2) is 10.4. The number of benzene rings is 1. The Bertz CT molecular complexity index is 1610. The van der Waals surface area contributed by atoms with Gasteiger partial charge >= 0.3 is 0 Å². The molecule has 4 heterocycles. The fraction of sp³-hybridized carbons (Fsp3) is 0.500. The smallest absolute Gasteiger partial charge is 0.247 e. The van der Waals surface area contributed by atoms with Gasteiger partial charge in [0.2, 0.25) is 26.0 Å². The van der Waals surface area contributed by atoms with Crippen molar-refractivity contribution in [1.82, 2.24) is 13.6 Å². The fourth-order valence-electron chi connectivity index (χ4n) is 5.93. The van der Waals surface area contributed by atoms with Gasteiger partial charge < -0.3 is 10.5 Å². The van der Waals surface area contributed by atoms with Crippen LogP contribution in [0.4, 0.5) is 8.78 Å². The molecule has 0 amide bonds. The highest BCUT2D eigenvalue weighted by atomic mass is 32.2. The van der Waals surface area contributed by atoms with Gasteiger partial charge in [-0.2, -0.15) is 0 Å². The number of aromatic nitrogens is 1. The summed E-state index contributed by atoms with van der Waals surface area (Å²) in [5, 5.41) is 0. The molecule has 2 saturated heterocycles. The number of nitrogens with two attached hydrogens (primary N) is 1. The minimum absolute atomic E-state index is 0.00646. The van der Waals surface area contributed by atoms with Gasteiger partial charge in [0, 0.05) is 38.7 Å². The quantitative estimate of drug-likeness (QED) is 0.463. The maximum absolute atomic E-state index is 15.6. The van der Waals surface area contributed by atoms with Crippen molar-refractivity contribution in [2.45, 2.75) is 49.0 Å². The van der Waals surface area contributed by atoms with Crippen molar-refractivity contribution in [3.8, 4) is 0 Å². The molecule has 15 heteroatoms. The van der Waals surface area contributed by atoms with Crippen molar-refractivity contribution in [3.63, 3.8) is 0 Å². The zero-order valence-corrected chi connectivity index (χ0v) is 24.2. The van der Waals surface area contributed by atoms with E-state index in [9.17, 15) is 26.0 Å². The number of Topliss-reactive ketones (excluding diaryl/α,β-unsaturated/α-hetero) is 1. The Morgan fingerprint density at radius 2 is 2.00 bits per heavy atom. The van der Waals surface area contributed by atoms with E-state index in [1.165, 1.54) is 32.2 Å². The summed E-state index contributed by atoms with van der Waals surface area (Å²) in [6.07, 6.45) is 1.35. The number of hydrogen-bond acceptors (Lipinski definition) is 9. The average Bonchev–Trinajstić information content (AvgIpc) is 3.60. The van der Waals surface area contributed by atoms with Crippen molar-refractivity contribution in [2.24, 2.45) is 10.7 Å². The molecule has 3 aliphatic rings. The van der Waals surface area contributed by atoms with Crippen LogP contribution in [0.2, 0.25) is 0 Å². The molecule has 3 aliphatic heterocycles. The molecule has 3 atom stereocenters. The Morgan fingerprint density at radius 3 is 2.66 bits per heavy atom. The van der Waals surface area contributed by atoms with Crippen LogP contribution < -0.4 is 5.73 Å². The third kappa shape index (κ3) is 4.91. The molecule has 1 unspecified atom stereocenters. The molecular formula is C26H31F2N5O6S2. The van der Waals surface area contributed by atoms with Crippen LogP contribution in [0.25, 0.3) is 0 Å². The molecule has 1 aromatic carbocycles. The van der Waals surface area contributed by atoms with Crippen LogP contribution in [0, 0.1) is 11.6 Å². The van der Waals surface area contributed by atoms with Crippen LogP contribution >= 0.6 is 0 Å². The van der Waals surface area contributed by atoms with E-state index in [1.807, 2.05) is 0 Å². The van der Waals surface area contributed by atoms with Gasteiger partial charge in [-0.05, 0) is 56.0 Å². The average molecular weight is 612 g/mol. The van der Waals surface area contributed by atoms with Gasteiger partial charge in [0.15, 0.2) is 5.78 Å². The van der Waals surface area contributed by atoms with Crippen LogP contribution in [0.5, 0.6) is 0 Å². The lowest BCUT2D eigenvalue weighted by molar-refractivity contribution is 0.0988. The molecule has 11 nitrogen and oxygen atoms in total. The van der Waals surface area contributed by atoms with Crippen LogP contribution in [0.15, 0.2) is 41.5 Å². The first kappa shape index (κ1) is 29.5. The van der Waals surface area contributed by atoms with E-state index < -0.39 is 60.4 Å². The molecule has 41 heavy (non-hydrogen) atoms. The van der Waals surface area contributed by atoms with Crippen LogP contribution in [-0.4, -0.2) is 85.5 Å². The van der Waals surface area contributed by atoms with Gasteiger partial charge in [-0.3, -0.25) is 9.78 Å². The zero-order valence-electron chi connectivity index (χ0n) is 22.6. The molecule has 1 aromatic heterocycles. The number of hydrogen-bond donors (Lipinski definition) is 1. The minimum Gasteiger partial charge on any atom is -0.377 e. The summed E-state index contributed by atoms with van der Waals surface area (Å²) in [6, 6.07) is 6.16. The number of guanidine groups is 1. The van der Waals surface area contributed by atoms with Crippen molar-refractivity contribution >= 4 is 31.8 Å². The monoisotopic (exact) mass is 611 g/mol. The standard InChI is InChI=1S/C26H31F2N5O6S2/c1-25(20-12-17(5-7-21(20)28)13-23(34)22-8-6-18(27)14-30-22)26(41(37,38)32(2)24(29)31-25)9-10-33(16-26)40(35,36)15-19-4-3-11-39-19/h5-8,12,14,19H,3-4,9-11,13,15-16H2,1-2H3,(H2,29,31)/t19?,25-,26-/m1/s1. The van der Waals surface area contributed by atoms with Gasteiger partial charge in [-0.25, -0.2) is 39.2 Å². The normalized spacial score (nSPS) is 28.2. The van der Waals surface area contributed by atoms with Gasteiger partial charge in [-0.1, -0.05) is 6.07 Å². The van der Waals surface area contributed by atoms with E-state index in [0.717, 1.165) is 33.4 Å². The predicted octanol–water partition coefficient (Wildman–Crippen LogP) is 1.54. The van der Waals surface area contributed by atoms with Gasteiger partial charge in [0.1, 0.15) is 27.6 Å². The molecule has 222 valence electrons. The Hall–Kier alpha value is -3.01. The zero-order chi connectivity index (χ0) is 29.8. The van der Waals surface area contributed by atoms with Crippen LogP contribution in [-0.2, 0) is 36.7 Å². The molecule has 0 bridgehead atoms. The van der Waals surface area contributed by atoms with E-state index in [4.69, 9.17) is 10.5 Å². The summed E-state index contributed by atoms with van der Waals surface area (Å²) in [5.74, 6) is -2.53. The Kier molecular flexibility index (Phi) is 7.45. The van der Waals surface area contributed by atoms with Crippen molar-refractivity contribution < 1.29 is 35.1 Å². The summed E-state index contributed by atoms with van der Waals surface area (Å²) in [5.41, 5.74) is 4.38. The highest BCUT2D eigenvalue weighted by molar-refractivity contribution is 7.91. The molecular weight excluding hydrogens is 580 g/mol. The first-order valence-corrected chi connectivity index (χ1v) is 16.1. The first-order valence-electron chi connectivity index (χ1n) is 13.1. The number of sulfonamides is 2. The Labute approximate surface area is 237 Å². The van der Waals surface area contributed by atoms with Gasteiger partial charge in [-0.15, -0.1) is 0 Å². The summed E-state index contributed by atoms with van der Waals surface area (Å²) in [4.78, 5) is 21.1. The number of nitrogens with zero attached hydrogens (tertiary/aromatic N) is 4. The summed E-state index contributed by atoms with van der Waals surface area (Å²) in [7, 11) is -7.07. The number of carbonyl (C=O) groups excluding carboxylic acids is 1. The van der Waals surface area contributed by atoms with E-state index in [2.05, 4.69) is 9.98 Å². The molecule has 2 fully saturated rings. The second-order valence-corrected chi connectivity index (χ2v) is 15.1. The molecule has 0 saturated carbocycles. The van der Waals surface area contributed by atoms with Crippen molar-refractivity contribution in [1.29, 1.82) is 0 Å². The van der Waals surface area contributed by atoms with E-state index >= 15 is 4.39 Å². The third-order valence-electron chi connectivity index (χ3n) is 8.35. The van der Waals surface area contributed by atoms with E-state index in [0.29, 0.717) is 18.6 Å². The first-order chi connectivity index (χ1) is 19.2. The molecule has 2 aromatic rings. The maximum Gasteiger partial charge on any atom is 0.247 e. The Morgan fingerprint density at radius 1 is 1.24 bits per heavy atom. The van der Waals surface area contributed by atoms with Gasteiger partial charge in [0.05, 0.1) is 18.1 Å². The maximum atomic E-state index is 15.6. The molecule has 2 N–H and O–H groups in total. The number of rotatable bonds is 7. The SMILES string of the molecule is CN1C(N)=N[C@](C)(c2cc(CC(=O)c3ccc(F)cn3)ccc2F)[C@]2(CCN(S(=O)(=O)CC3CCCO3)C2)S1(=O)=O. The van der Waals surface area contributed by atoms with Crippen LogP contribution in [0.1, 0.15) is 47.8 Å². The summed E-state index contributed by atoms with van der Waals surface area (Å²) < 4.78 is 89.2. The summed E-state index contributed by atoms with van der Waals surface area (Å²) >= 11 is 0. The van der Waals surface area contributed by atoms with E-state index in [-0.39, 0.29) is 42.4 Å². The van der Waals surface area contributed by atoms with Crippen LogP contribution in [0.3, 0.4) is 0 Å². The molecule has 0 radical (unpaired) electrons. The number of carbonyl (C=O) groups is 1. The number of aliphatic imine (C=N–C) groups is 1. The fourth-order valence-corrected chi connectivity index (χ4v) is 9.87. The number of pyridine rings is 1. The lowest BCUT2D eigenvalue weighted by Crippen LogP contribution is -2.66. The number of halogens is 2. The number of ether oxygens (including phenoxy) is 1. The minimum atomic E-state index is -4.37. The molecule has 0 aliphatic carbocycles. The summed E-state index contributed by atoms with van der Waals surface area (Å²) in [6.45, 7) is 1.30. The third-order valence-corrected chi connectivity index (χ3v) is 12.9.